The lowest BCUT2D eigenvalue weighted by molar-refractivity contribution is -0.138. The molecule has 0 radical (unpaired) electrons. The van der Waals surface area contributed by atoms with E-state index in [0.29, 0.717) is 22.9 Å². The quantitative estimate of drug-likeness (QED) is 0.325. The Kier molecular flexibility index (Phi) is 6.40. The lowest BCUT2D eigenvalue weighted by Gasteiger charge is -2.13. The molecule has 0 spiro atoms. The van der Waals surface area contributed by atoms with Gasteiger partial charge in [-0.3, -0.25) is 4.79 Å². The van der Waals surface area contributed by atoms with Crippen LogP contribution in [-0.2, 0) is 24.4 Å². The average molecular weight is 489 g/mol. The molecule has 178 valence electrons. The van der Waals surface area contributed by atoms with Gasteiger partial charge < -0.3 is 14.4 Å². The molecule has 2 aromatic carbocycles. The number of hydrogen-bond donors (Lipinski definition) is 1. The fourth-order valence-electron chi connectivity index (χ4n) is 3.93. The lowest BCUT2D eigenvalue weighted by Crippen LogP contribution is -2.08. The molecule has 0 saturated carbocycles. The largest absolute Gasteiger partial charge is 0.493 e. The van der Waals surface area contributed by atoms with E-state index in [4.69, 9.17) is 9.84 Å². The Morgan fingerprint density at radius 1 is 1.21 bits per heavy atom. The summed E-state index contributed by atoms with van der Waals surface area (Å²) in [6.45, 7) is 4.30. The van der Waals surface area contributed by atoms with Crippen molar-refractivity contribution in [1.82, 2.24) is 9.55 Å². The summed E-state index contributed by atoms with van der Waals surface area (Å²) < 4.78 is 46.4. The molecule has 4 aromatic rings. The molecule has 0 aliphatic heterocycles. The van der Waals surface area contributed by atoms with Crippen LogP contribution in [0.2, 0.25) is 0 Å². The summed E-state index contributed by atoms with van der Waals surface area (Å²) >= 11 is 1.44. The summed E-state index contributed by atoms with van der Waals surface area (Å²) in [5.41, 5.74) is 2.45. The minimum Gasteiger partial charge on any atom is -0.493 e. The maximum atomic E-state index is 12.8. The van der Waals surface area contributed by atoms with Crippen LogP contribution in [0, 0.1) is 6.92 Å². The van der Waals surface area contributed by atoms with Gasteiger partial charge in [-0.1, -0.05) is 19.1 Å². The number of fused-ring (bicyclic) bond motifs is 1. The number of hydrogen-bond acceptors (Lipinski definition) is 4. The first-order valence-corrected chi connectivity index (χ1v) is 11.4. The maximum Gasteiger partial charge on any atom is 0.416 e. The van der Waals surface area contributed by atoms with Crippen molar-refractivity contribution in [2.45, 2.75) is 32.4 Å². The van der Waals surface area contributed by atoms with E-state index < -0.39 is 17.7 Å². The SMILES string of the molecule is Cc1sc(-c2ccc(C(F)(F)F)cc2)nc1[C@@H](C)COc1ccc2c(CC(=O)O)cn(C)c2c1. The summed E-state index contributed by atoms with van der Waals surface area (Å²) in [5, 5.41) is 10.6. The van der Waals surface area contributed by atoms with Gasteiger partial charge in [0.05, 0.1) is 29.8 Å². The predicted molar refractivity (Wildman–Crippen MR) is 125 cm³/mol. The molecule has 9 heteroatoms. The number of alkyl halides is 3. The Hall–Kier alpha value is -3.33. The Morgan fingerprint density at radius 2 is 1.91 bits per heavy atom. The minimum atomic E-state index is -4.37. The molecule has 0 unspecified atom stereocenters. The molecule has 5 nitrogen and oxygen atoms in total. The van der Waals surface area contributed by atoms with Crippen LogP contribution in [0.5, 0.6) is 5.75 Å². The Morgan fingerprint density at radius 3 is 2.56 bits per heavy atom. The third-order valence-corrected chi connectivity index (χ3v) is 6.68. The van der Waals surface area contributed by atoms with E-state index >= 15 is 0 Å². The Labute approximate surface area is 198 Å². The zero-order valence-electron chi connectivity index (χ0n) is 18.8. The number of carboxylic acids is 1. The average Bonchev–Trinajstić information content (AvgIpc) is 3.31. The highest BCUT2D eigenvalue weighted by atomic mass is 32.1. The number of aromatic nitrogens is 2. The third-order valence-electron chi connectivity index (χ3n) is 5.64. The number of halogens is 3. The second-order valence-corrected chi connectivity index (χ2v) is 9.47. The van der Waals surface area contributed by atoms with Crippen molar-refractivity contribution >= 4 is 28.2 Å². The van der Waals surface area contributed by atoms with Crippen molar-refractivity contribution in [3.63, 3.8) is 0 Å². The van der Waals surface area contributed by atoms with E-state index in [9.17, 15) is 18.0 Å². The van der Waals surface area contributed by atoms with Crippen LogP contribution in [0.25, 0.3) is 21.5 Å². The number of aliphatic carboxylic acids is 1. The number of ether oxygens (including phenoxy) is 1. The van der Waals surface area contributed by atoms with Gasteiger partial charge in [0.1, 0.15) is 10.8 Å². The van der Waals surface area contributed by atoms with Crippen molar-refractivity contribution in [2.75, 3.05) is 6.61 Å². The number of aryl methyl sites for hydroxylation is 2. The van der Waals surface area contributed by atoms with Gasteiger partial charge in [0.25, 0.3) is 0 Å². The van der Waals surface area contributed by atoms with Gasteiger partial charge in [-0.15, -0.1) is 11.3 Å². The Balaban J connectivity index is 1.48. The number of benzene rings is 2. The molecular formula is C25H23F3N2O3S. The summed E-state index contributed by atoms with van der Waals surface area (Å²) in [6.07, 6.45) is -2.60. The first-order valence-electron chi connectivity index (χ1n) is 10.6. The minimum absolute atomic E-state index is 0.0360. The van der Waals surface area contributed by atoms with Gasteiger partial charge in [-0.05, 0) is 36.8 Å². The number of carboxylic acid groups (broad SMARTS) is 1. The fraction of sp³-hybridized carbons (Fsp3) is 0.280. The molecule has 0 aliphatic rings. The number of nitrogens with zero attached hydrogens (tertiary/aromatic N) is 2. The summed E-state index contributed by atoms with van der Waals surface area (Å²) in [4.78, 5) is 16.8. The number of rotatable bonds is 7. The van der Waals surface area contributed by atoms with E-state index in [0.717, 1.165) is 39.2 Å². The number of thiazole rings is 1. The standard InChI is InChI=1S/C25H23F3N2O3S/c1-14(13-33-19-8-9-20-17(10-22(31)32)12-30(3)21(20)11-19)23-15(2)34-24(29-23)16-4-6-18(7-5-16)25(26,27)28/h4-9,11-12,14H,10,13H2,1-3H3,(H,31,32)/t14-/m0/s1. The second-order valence-electron chi connectivity index (χ2n) is 8.26. The highest BCUT2D eigenvalue weighted by Crippen LogP contribution is 2.35. The van der Waals surface area contributed by atoms with Crippen LogP contribution in [-0.4, -0.2) is 27.2 Å². The topological polar surface area (TPSA) is 64.3 Å². The second kappa shape index (κ2) is 9.13. The molecule has 0 saturated heterocycles. The zero-order valence-corrected chi connectivity index (χ0v) is 19.6. The molecule has 2 heterocycles. The first-order chi connectivity index (χ1) is 16.0. The van der Waals surface area contributed by atoms with E-state index in [1.54, 1.807) is 0 Å². The smallest absolute Gasteiger partial charge is 0.416 e. The summed E-state index contributed by atoms with van der Waals surface area (Å²) in [6, 6.07) is 10.6. The van der Waals surface area contributed by atoms with Crippen molar-refractivity contribution < 1.29 is 27.8 Å². The molecule has 4 rings (SSSR count). The van der Waals surface area contributed by atoms with Gasteiger partial charge in [0.15, 0.2) is 0 Å². The molecule has 1 N–H and O–H groups in total. The van der Waals surface area contributed by atoms with E-state index in [1.807, 2.05) is 49.9 Å². The van der Waals surface area contributed by atoms with Crippen LogP contribution in [0.1, 0.15) is 34.5 Å². The third kappa shape index (κ3) is 4.94. The predicted octanol–water partition coefficient (Wildman–Crippen LogP) is 6.44. The summed E-state index contributed by atoms with van der Waals surface area (Å²) in [5.74, 6) is -0.250. The molecular weight excluding hydrogens is 465 g/mol. The van der Waals surface area contributed by atoms with Crippen molar-refractivity contribution in [1.29, 1.82) is 0 Å². The molecule has 2 aromatic heterocycles. The number of carbonyl (C=O) groups is 1. The van der Waals surface area contributed by atoms with Crippen LogP contribution >= 0.6 is 11.3 Å². The summed E-state index contributed by atoms with van der Waals surface area (Å²) in [7, 11) is 1.86. The van der Waals surface area contributed by atoms with E-state index in [1.165, 1.54) is 23.5 Å². The molecule has 1 atom stereocenters. The monoisotopic (exact) mass is 488 g/mol. The normalized spacial score (nSPS) is 12.8. The molecule has 0 aliphatic carbocycles. The first kappa shape index (κ1) is 23.8. The molecule has 0 fully saturated rings. The van der Waals surface area contributed by atoms with Gasteiger partial charge in [0.2, 0.25) is 0 Å². The van der Waals surface area contributed by atoms with Crippen molar-refractivity contribution in [2.24, 2.45) is 7.05 Å². The van der Waals surface area contributed by atoms with Crippen LogP contribution in [0.4, 0.5) is 13.2 Å². The highest BCUT2D eigenvalue weighted by Gasteiger charge is 2.30. The van der Waals surface area contributed by atoms with E-state index in [-0.39, 0.29) is 12.3 Å². The molecule has 0 bridgehead atoms. The molecule has 0 amide bonds. The highest BCUT2D eigenvalue weighted by molar-refractivity contribution is 7.15. The van der Waals surface area contributed by atoms with Crippen molar-refractivity contribution in [3.05, 3.63) is 70.4 Å². The van der Waals surface area contributed by atoms with Gasteiger partial charge in [-0.25, -0.2) is 4.98 Å². The van der Waals surface area contributed by atoms with Gasteiger partial charge >= 0.3 is 12.1 Å². The molecule has 34 heavy (non-hydrogen) atoms. The Bertz CT molecular complexity index is 1340. The zero-order chi connectivity index (χ0) is 24.6. The lowest BCUT2D eigenvalue weighted by atomic mass is 10.1. The van der Waals surface area contributed by atoms with Crippen LogP contribution < -0.4 is 4.74 Å². The fourth-order valence-corrected chi connectivity index (χ4v) is 4.97. The maximum absolute atomic E-state index is 12.8. The van der Waals surface area contributed by atoms with E-state index in [2.05, 4.69) is 4.98 Å². The van der Waals surface area contributed by atoms with Crippen molar-refractivity contribution in [3.8, 4) is 16.3 Å². The van der Waals surface area contributed by atoms with Crippen LogP contribution in [0.3, 0.4) is 0 Å². The van der Waals surface area contributed by atoms with Crippen LogP contribution in [0.15, 0.2) is 48.7 Å². The van der Waals surface area contributed by atoms with Gasteiger partial charge in [0, 0.05) is 41.1 Å². The van der Waals surface area contributed by atoms with Gasteiger partial charge in [-0.2, -0.15) is 13.2 Å².